The van der Waals surface area contributed by atoms with Gasteiger partial charge in [-0.05, 0) is 129 Å². The monoisotopic (exact) mass is 1330 g/mol. The molecule has 0 bridgehead atoms. The SMILES string of the molecule is c1ccc2nc(-c3ccc4ccc(-c5ccc6ccc(-c7ccc(-c8ccc9ccc%10cccnc%10c9n8)c8ccccc78)cc6n5)cc4n3)ncc2c1.c1ccc2nc(-c3ccc4ccc(-c5ccc6ccc(-c7ccc(-c8ccnc9c8ccc8cccnc89)cc7)cc6n5)cc4n3)ncc2c1. The fraction of sp³-hybridized carbons (Fsp3) is 0. The van der Waals surface area contributed by atoms with Gasteiger partial charge in [0.05, 0.1) is 72.2 Å². The first-order chi connectivity index (χ1) is 51.4. The molecule has 0 aliphatic heterocycles. The Morgan fingerprint density at radius 2 is 0.567 bits per heavy atom. The molecule has 0 amide bonds. The molecule has 0 aliphatic rings. The van der Waals surface area contributed by atoms with E-state index in [1.54, 1.807) is 0 Å². The topological polar surface area (TPSA) is 155 Å². The van der Waals surface area contributed by atoms with Crippen molar-refractivity contribution >= 4 is 120 Å². The molecule has 104 heavy (non-hydrogen) atoms. The van der Waals surface area contributed by atoms with Crippen LogP contribution in [0.15, 0.2) is 328 Å². The third-order valence-corrected chi connectivity index (χ3v) is 19.8. The van der Waals surface area contributed by atoms with Gasteiger partial charge in [0.2, 0.25) is 0 Å². The van der Waals surface area contributed by atoms with Crippen molar-refractivity contribution in [3.63, 3.8) is 0 Å². The highest BCUT2D eigenvalue weighted by Crippen LogP contribution is 2.40. The Kier molecular flexibility index (Phi) is 14.2. The molecule has 0 unspecified atom stereocenters. The van der Waals surface area contributed by atoms with Crippen LogP contribution in [0.2, 0.25) is 0 Å². The average Bonchev–Trinajstić information content (AvgIpc) is 0.769. The van der Waals surface area contributed by atoms with E-state index in [2.05, 4.69) is 249 Å². The summed E-state index contributed by atoms with van der Waals surface area (Å²) in [6, 6.07) is 103. The zero-order valence-electron chi connectivity index (χ0n) is 55.5. The van der Waals surface area contributed by atoms with Gasteiger partial charge in [0.15, 0.2) is 11.6 Å². The number of para-hydroxylation sites is 2. The fourth-order valence-corrected chi connectivity index (χ4v) is 14.4. The molecule has 0 fully saturated rings. The predicted molar refractivity (Wildman–Crippen MR) is 422 cm³/mol. The molecule has 21 rings (SSSR count). The van der Waals surface area contributed by atoms with Gasteiger partial charge in [-0.1, -0.05) is 212 Å². The predicted octanol–water partition coefficient (Wildman–Crippen LogP) is 22.1. The Labute approximate surface area is 594 Å². The zero-order valence-corrected chi connectivity index (χ0v) is 55.5. The van der Waals surface area contributed by atoms with Crippen LogP contribution in [0.5, 0.6) is 0 Å². The standard InChI is InChI=1S/C48H28N6.C44H26N6/c1-4-10-40-35(6-1)28-50-48(54-40)43-24-18-30-12-16-34(27-45(30)52-43)41-22-17-29-11-15-33(26-44(29)51-41)36-20-21-39(38-9-3-2-8-37(36)38)42-23-19-32-14-13-31-7-5-25-49-46(31)47(32)53-42;1-2-6-37-34(4-1)26-47-44(50-37)39-20-17-30-12-14-33(25-41(30)49-39)38-19-16-29-11-13-32(24-40(29)48-38)27-7-9-28(10-8-27)35-21-23-46-43-36(35)18-15-31-5-3-22-45-42(31)43/h1-28H;1-26H. The molecule has 0 radical (unpaired) electrons. The maximum Gasteiger partial charge on any atom is 0.178 e. The highest BCUT2D eigenvalue weighted by Gasteiger charge is 2.17. The van der Waals surface area contributed by atoms with Gasteiger partial charge >= 0.3 is 0 Å². The third-order valence-electron chi connectivity index (χ3n) is 19.8. The molecule has 0 aliphatic carbocycles. The minimum Gasteiger partial charge on any atom is -0.254 e. The molecule has 11 aromatic carbocycles. The van der Waals surface area contributed by atoms with Crippen molar-refractivity contribution in [3.8, 4) is 90.2 Å². The smallest absolute Gasteiger partial charge is 0.178 e. The van der Waals surface area contributed by atoms with Crippen LogP contribution in [0.4, 0.5) is 0 Å². The quantitative estimate of drug-likeness (QED) is 0.133. The minimum atomic E-state index is 0.609. The summed E-state index contributed by atoms with van der Waals surface area (Å²) in [7, 11) is 0. The molecule has 0 spiro atoms. The molecule has 0 saturated heterocycles. The molecule has 0 N–H and O–H groups in total. The number of aromatic nitrogens is 12. The number of rotatable bonds is 8. The summed E-state index contributed by atoms with van der Waals surface area (Å²) in [5.74, 6) is 1.22. The van der Waals surface area contributed by atoms with E-state index in [0.717, 1.165) is 198 Å². The Balaban J connectivity index is 0.000000139. The van der Waals surface area contributed by atoms with Gasteiger partial charge in [0.1, 0.15) is 11.4 Å². The van der Waals surface area contributed by atoms with E-state index in [1.165, 1.54) is 0 Å². The van der Waals surface area contributed by atoms with E-state index >= 15 is 0 Å². The summed E-state index contributed by atoms with van der Waals surface area (Å²) >= 11 is 0. The molecule has 12 nitrogen and oxygen atoms in total. The van der Waals surface area contributed by atoms with Gasteiger partial charge in [-0.3, -0.25) is 15.0 Å². The summed E-state index contributed by atoms with van der Waals surface area (Å²) in [6.45, 7) is 0. The van der Waals surface area contributed by atoms with Crippen molar-refractivity contribution in [2.75, 3.05) is 0 Å². The number of nitrogens with zero attached hydrogens (tertiary/aromatic N) is 12. The molecule has 482 valence electrons. The van der Waals surface area contributed by atoms with Crippen LogP contribution in [0.25, 0.3) is 210 Å². The molecule has 10 aromatic heterocycles. The largest absolute Gasteiger partial charge is 0.254 e. The van der Waals surface area contributed by atoms with Crippen LogP contribution in [-0.4, -0.2) is 59.8 Å². The molecular formula is C92H54N12. The van der Waals surface area contributed by atoms with Crippen molar-refractivity contribution in [1.82, 2.24) is 59.8 Å². The highest BCUT2D eigenvalue weighted by atomic mass is 14.9. The maximum atomic E-state index is 5.18. The number of pyridine rings is 8. The lowest BCUT2D eigenvalue weighted by atomic mass is 9.93. The van der Waals surface area contributed by atoms with E-state index in [0.29, 0.717) is 11.6 Å². The van der Waals surface area contributed by atoms with Gasteiger partial charge in [0.25, 0.3) is 0 Å². The Morgan fingerprint density at radius 3 is 1.17 bits per heavy atom. The second-order valence-electron chi connectivity index (χ2n) is 26.0. The van der Waals surface area contributed by atoms with E-state index < -0.39 is 0 Å². The van der Waals surface area contributed by atoms with E-state index in [1.807, 2.05) is 104 Å². The second-order valence-corrected chi connectivity index (χ2v) is 26.0. The summed E-state index contributed by atoms with van der Waals surface area (Å²) < 4.78 is 0. The summed E-state index contributed by atoms with van der Waals surface area (Å²) in [5.41, 5.74) is 23.1. The summed E-state index contributed by atoms with van der Waals surface area (Å²) in [6.07, 6.45) is 9.23. The Hall–Kier alpha value is -14.4. The van der Waals surface area contributed by atoms with Crippen LogP contribution in [0.1, 0.15) is 0 Å². The number of benzene rings is 11. The van der Waals surface area contributed by atoms with Crippen molar-refractivity contribution < 1.29 is 0 Å². The van der Waals surface area contributed by atoms with Crippen LogP contribution >= 0.6 is 0 Å². The maximum absolute atomic E-state index is 5.18. The lowest BCUT2D eigenvalue weighted by Gasteiger charge is -2.13. The van der Waals surface area contributed by atoms with Gasteiger partial charge < -0.3 is 0 Å². The molecule has 10 heterocycles. The first-order valence-electron chi connectivity index (χ1n) is 34.4. The van der Waals surface area contributed by atoms with Crippen molar-refractivity contribution in [2.24, 2.45) is 0 Å². The van der Waals surface area contributed by atoms with E-state index in [4.69, 9.17) is 34.9 Å². The van der Waals surface area contributed by atoms with Crippen molar-refractivity contribution in [3.05, 3.63) is 328 Å². The Morgan fingerprint density at radius 1 is 0.173 bits per heavy atom. The first kappa shape index (κ1) is 59.7. The second kappa shape index (κ2) is 24.8. The van der Waals surface area contributed by atoms with Crippen LogP contribution in [0, 0.1) is 0 Å². The van der Waals surface area contributed by atoms with Gasteiger partial charge in [-0.15, -0.1) is 0 Å². The van der Waals surface area contributed by atoms with Crippen LogP contribution < -0.4 is 0 Å². The van der Waals surface area contributed by atoms with Gasteiger partial charge in [0, 0.05) is 102 Å². The molecule has 0 saturated carbocycles. The molecule has 0 atom stereocenters. The molecule has 12 heteroatoms. The van der Waals surface area contributed by atoms with Crippen molar-refractivity contribution in [1.29, 1.82) is 0 Å². The van der Waals surface area contributed by atoms with E-state index in [9.17, 15) is 0 Å². The Bertz CT molecular complexity index is 7080. The normalized spacial score (nSPS) is 11.7. The lowest BCUT2D eigenvalue weighted by Crippen LogP contribution is -1.93. The first-order valence-corrected chi connectivity index (χ1v) is 34.4. The number of fused-ring (bicyclic) bond motifs is 13. The highest BCUT2D eigenvalue weighted by molar-refractivity contribution is 6.10. The molecule has 21 aromatic rings. The number of hydrogen-bond donors (Lipinski definition) is 0. The minimum absolute atomic E-state index is 0.609. The molecular weight excluding hydrogens is 1270 g/mol. The average molecular weight is 1330 g/mol. The fourth-order valence-electron chi connectivity index (χ4n) is 14.4. The van der Waals surface area contributed by atoms with Gasteiger partial charge in [-0.2, -0.15) is 0 Å². The van der Waals surface area contributed by atoms with Crippen molar-refractivity contribution in [2.45, 2.75) is 0 Å². The lowest BCUT2D eigenvalue weighted by molar-refractivity contribution is 1.19. The zero-order chi connectivity index (χ0) is 68.6. The summed E-state index contributed by atoms with van der Waals surface area (Å²) in [4.78, 5) is 58.1. The van der Waals surface area contributed by atoms with E-state index in [-0.39, 0.29) is 0 Å². The van der Waals surface area contributed by atoms with Crippen LogP contribution in [0.3, 0.4) is 0 Å². The number of hydrogen-bond acceptors (Lipinski definition) is 12. The van der Waals surface area contributed by atoms with Crippen LogP contribution in [-0.2, 0) is 0 Å². The van der Waals surface area contributed by atoms with Gasteiger partial charge in [-0.25, -0.2) is 44.9 Å². The third kappa shape index (κ3) is 10.8. The summed E-state index contributed by atoms with van der Waals surface area (Å²) in [5, 5.41) is 12.9.